The molecule has 9 nitrogen and oxygen atoms in total. The molecule has 32 heavy (non-hydrogen) atoms. The fraction of sp³-hybridized carbons (Fsp3) is 0.273. The summed E-state index contributed by atoms with van der Waals surface area (Å²) < 4.78 is 30.6. The van der Waals surface area contributed by atoms with Crippen molar-refractivity contribution in [3.8, 4) is 11.5 Å². The van der Waals surface area contributed by atoms with Gasteiger partial charge in [-0.3, -0.25) is 10.3 Å². The number of rotatable bonds is 5. The van der Waals surface area contributed by atoms with E-state index >= 15 is 0 Å². The maximum Gasteiger partial charge on any atom is 0.416 e. The van der Waals surface area contributed by atoms with Crippen molar-refractivity contribution in [1.29, 1.82) is 10.8 Å². The first-order valence-electron chi connectivity index (χ1n) is 9.99. The van der Waals surface area contributed by atoms with E-state index in [2.05, 4.69) is 4.98 Å². The Morgan fingerprint density at radius 3 is 2.81 bits per heavy atom. The summed E-state index contributed by atoms with van der Waals surface area (Å²) in [7, 11) is 0. The predicted molar refractivity (Wildman–Crippen MR) is 119 cm³/mol. The van der Waals surface area contributed by atoms with Gasteiger partial charge in [-0.05, 0) is 24.3 Å². The Morgan fingerprint density at radius 1 is 1.41 bits per heavy atom. The van der Waals surface area contributed by atoms with Crippen LogP contribution < -0.4 is 15.2 Å². The normalized spacial score (nSPS) is 15.8. The third-order valence-electron chi connectivity index (χ3n) is 4.97. The van der Waals surface area contributed by atoms with Crippen molar-refractivity contribution >= 4 is 24.0 Å². The van der Waals surface area contributed by atoms with Crippen LogP contribution in [-0.2, 0) is 16.8 Å². The number of nitrogen functional groups attached to an aromatic ring is 1. The number of carbonyl (C=O) groups excluding carboxylic acids is 1. The van der Waals surface area contributed by atoms with E-state index in [9.17, 15) is 9.18 Å². The lowest BCUT2D eigenvalue weighted by atomic mass is 9.84. The van der Waals surface area contributed by atoms with E-state index in [1.54, 1.807) is 12.1 Å². The number of nitrogens with one attached hydrogen (secondary N) is 2. The molecule has 0 atom stereocenters. The highest BCUT2D eigenvalue weighted by Crippen LogP contribution is 2.46. The summed E-state index contributed by atoms with van der Waals surface area (Å²) in [5, 5.41) is 14.7. The smallest absolute Gasteiger partial charge is 0.416 e. The largest absolute Gasteiger partial charge is 0.440 e. The van der Waals surface area contributed by atoms with Crippen LogP contribution in [0.3, 0.4) is 0 Å². The van der Waals surface area contributed by atoms with Crippen molar-refractivity contribution in [2.45, 2.75) is 25.9 Å². The van der Waals surface area contributed by atoms with E-state index in [1.807, 2.05) is 13.8 Å². The number of ether oxygens (including phenoxy) is 3. The Labute approximate surface area is 186 Å². The van der Waals surface area contributed by atoms with Gasteiger partial charge in [-0.1, -0.05) is 13.8 Å². The molecule has 4 N–H and O–H groups in total. The molecule has 1 amide bonds. The first-order chi connectivity index (χ1) is 15.4. The van der Waals surface area contributed by atoms with E-state index in [4.69, 9.17) is 30.8 Å². The van der Waals surface area contributed by atoms with Crippen molar-refractivity contribution < 1.29 is 24.8 Å². The second-order valence-corrected chi connectivity index (χ2v) is 6.80. The number of nitrogens with zero attached hydrogens (tertiary/aromatic N) is 2. The zero-order chi connectivity index (χ0) is 23.3. The van der Waals surface area contributed by atoms with Gasteiger partial charge in [0.05, 0.1) is 19.8 Å². The van der Waals surface area contributed by atoms with Crippen LogP contribution in [0.1, 0.15) is 26.4 Å². The molecule has 1 aromatic carbocycles. The SMILES string of the molecule is CC.N=C/C=C\C(=N)Oc1ccc2c(c1)OC(=O)N(Cc1ccnc(N)c1F)C21COC1.[HH]. The van der Waals surface area contributed by atoms with Gasteiger partial charge in [0.1, 0.15) is 17.0 Å². The lowest BCUT2D eigenvalue weighted by Crippen LogP contribution is -2.63. The minimum atomic E-state index is -0.804. The predicted octanol–water partition coefficient (Wildman–Crippen LogP) is 3.88. The number of anilines is 1. The van der Waals surface area contributed by atoms with Gasteiger partial charge in [0, 0.05) is 37.1 Å². The van der Waals surface area contributed by atoms with E-state index < -0.39 is 17.4 Å². The molecule has 170 valence electrons. The lowest BCUT2D eigenvalue weighted by Gasteiger charge is -2.51. The van der Waals surface area contributed by atoms with Crippen LogP contribution >= 0.6 is 0 Å². The highest BCUT2D eigenvalue weighted by atomic mass is 19.1. The zero-order valence-electron chi connectivity index (χ0n) is 17.7. The fourth-order valence-corrected chi connectivity index (χ4v) is 3.42. The zero-order valence-corrected chi connectivity index (χ0v) is 17.7. The first-order valence-corrected chi connectivity index (χ1v) is 9.99. The molecule has 3 heterocycles. The van der Waals surface area contributed by atoms with E-state index in [0.29, 0.717) is 11.3 Å². The number of pyridine rings is 1. The molecule has 0 radical (unpaired) electrons. The van der Waals surface area contributed by atoms with Gasteiger partial charge in [-0.25, -0.2) is 14.2 Å². The van der Waals surface area contributed by atoms with Crippen molar-refractivity contribution in [1.82, 2.24) is 9.88 Å². The first kappa shape index (κ1) is 22.9. The van der Waals surface area contributed by atoms with Gasteiger partial charge in [0.15, 0.2) is 11.6 Å². The third-order valence-corrected chi connectivity index (χ3v) is 4.97. The van der Waals surface area contributed by atoms with Gasteiger partial charge in [-0.2, -0.15) is 0 Å². The van der Waals surface area contributed by atoms with Crippen molar-refractivity contribution in [2.24, 2.45) is 0 Å². The Bertz CT molecular complexity index is 1070. The quantitative estimate of drug-likeness (QED) is 0.474. The lowest BCUT2D eigenvalue weighted by molar-refractivity contribution is -0.143. The van der Waals surface area contributed by atoms with Crippen LogP contribution in [-0.4, -0.2) is 41.3 Å². The topological polar surface area (TPSA) is 135 Å². The molecule has 1 saturated heterocycles. The van der Waals surface area contributed by atoms with Crippen LogP contribution in [0, 0.1) is 16.6 Å². The summed E-state index contributed by atoms with van der Waals surface area (Å²) in [5.74, 6) is -0.492. The molecule has 1 spiro atoms. The molecule has 0 unspecified atom stereocenters. The molecule has 1 fully saturated rings. The minimum Gasteiger partial charge on any atom is -0.440 e. The Kier molecular flexibility index (Phi) is 6.84. The molecule has 0 aliphatic carbocycles. The van der Waals surface area contributed by atoms with E-state index in [-0.39, 0.29) is 44.2 Å². The molecule has 2 aromatic rings. The summed E-state index contributed by atoms with van der Waals surface area (Å²) in [6.45, 7) is 4.41. The molecule has 0 bridgehead atoms. The summed E-state index contributed by atoms with van der Waals surface area (Å²) >= 11 is 0. The van der Waals surface area contributed by atoms with Crippen molar-refractivity contribution in [3.63, 3.8) is 0 Å². The Hall–Kier alpha value is -3.79. The number of hydrogen-bond acceptors (Lipinski definition) is 8. The van der Waals surface area contributed by atoms with Crippen LogP contribution in [0.2, 0.25) is 0 Å². The molecule has 1 aromatic heterocycles. The highest BCUT2D eigenvalue weighted by molar-refractivity contribution is 5.90. The van der Waals surface area contributed by atoms with Crippen molar-refractivity contribution in [2.75, 3.05) is 18.9 Å². The second-order valence-electron chi connectivity index (χ2n) is 6.80. The van der Waals surface area contributed by atoms with Crippen molar-refractivity contribution in [3.05, 3.63) is 59.6 Å². The number of halogens is 1. The molecular formula is C22H26FN5O4. The summed E-state index contributed by atoms with van der Waals surface area (Å²) in [5.41, 5.74) is 5.66. The number of allylic oxidation sites excluding steroid dienone is 1. The maximum atomic E-state index is 14.4. The molecule has 2 aliphatic heterocycles. The minimum absolute atomic E-state index is 0. The molecule has 4 rings (SSSR count). The number of amides is 1. The van der Waals surface area contributed by atoms with Gasteiger partial charge < -0.3 is 25.4 Å². The van der Waals surface area contributed by atoms with Gasteiger partial charge >= 0.3 is 6.09 Å². The van der Waals surface area contributed by atoms with Crippen LogP contribution in [0.5, 0.6) is 11.5 Å². The number of carbonyl (C=O) groups is 1. The molecule has 2 aliphatic rings. The standard InChI is InChI=1S/C20H18FN5O4.C2H6.H2/c21-17-12(5-7-25-18(17)24)9-26-19(27)30-15-8-13(29-16(23)2-1-6-22)3-4-14(15)20(26)10-28-11-20;1-2;/h1-8,22-23H,9-11H2,(H2,24,25);1-2H3;1H/b2-1-,22-6?,23-16?;;. The van der Waals surface area contributed by atoms with Crippen LogP contribution in [0.25, 0.3) is 0 Å². The Balaban J connectivity index is 0.00000125. The summed E-state index contributed by atoms with van der Waals surface area (Å²) in [4.78, 5) is 17.9. The van der Waals surface area contributed by atoms with Gasteiger partial charge in [0.2, 0.25) is 5.90 Å². The summed E-state index contributed by atoms with van der Waals surface area (Å²) in [6.07, 6.45) is 4.42. The van der Waals surface area contributed by atoms with E-state index in [0.717, 1.165) is 6.21 Å². The Morgan fingerprint density at radius 2 is 2.16 bits per heavy atom. The average Bonchev–Trinajstić information content (AvgIpc) is 2.76. The van der Waals surface area contributed by atoms with Gasteiger partial charge in [-0.15, -0.1) is 0 Å². The van der Waals surface area contributed by atoms with Crippen LogP contribution in [0.4, 0.5) is 15.0 Å². The maximum absolute atomic E-state index is 14.4. The number of aromatic nitrogens is 1. The third kappa shape index (κ3) is 4.17. The molecular weight excluding hydrogens is 417 g/mol. The fourth-order valence-electron chi connectivity index (χ4n) is 3.42. The number of hydrogen-bond donors (Lipinski definition) is 3. The monoisotopic (exact) mass is 443 g/mol. The summed E-state index contributed by atoms with van der Waals surface area (Å²) in [6, 6.07) is 6.36. The molecule has 10 heteroatoms. The van der Waals surface area contributed by atoms with Crippen LogP contribution in [0.15, 0.2) is 42.6 Å². The second kappa shape index (κ2) is 9.56. The van der Waals surface area contributed by atoms with E-state index in [1.165, 1.54) is 35.4 Å². The highest BCUT2D eigenvalue weighted by Gasteiger charge is 2.53. The number of nitrogens with two attached hydrogens (primary N) is 1. The average molecular weight is 443 g/mol. The number of benzene rings is 1. The number of fused-ring (bicyclic) bond motifs is 2. The molecule has 0 saturated carbocycles. The van der Waals surface area contributed by atoms with Gasteiger partial charge in [0.25, 0.3) is 0 Å².